The van der Waals surface area contributed by atoms with Gasteiger partial charge in [0.15, 0.2) is 0 Å². The molecule has 0 N–H and O–H groups in total. The fraction of sp³-hybridized carbons (Fsp3) is 0.550. The van der Waals surface area contributed by atoms with Gasteiger partial charge in [0.05, 0.1) is 17.1 Å². The number of piperazine rings is 1. The Hall–Kier alpha value is -1.28. The van der Waals surface area contributed by atoms with Gasteiger partial charge >= 0.3 is 0 Å². The van der Waals surface area contributed by atoms with E-state index in [0.717, 1.165) is 41.5 Å². The molecule has 1 aliphatic heterocycles. The number of aryl methyl sites for hydroxylation is 2. The van der Waals surface area contributed by atoms with Crippen molar-refractivity contribution in [1.82, 2.24) is 14.2 Å². The molecule has 5 nitrogen and oxygen atoms in total. The van der Waals surface area contributed by atoms with Gasteiger partial charge in [0.1, 0.15) is 5.01 Å². The van der Waals surface area contributed by atoms with Crippen molar-refractivity contribution in [3.63, 3.8) is 0 Å². The van der Waals surface area contributed by atoms with E-state index in [1.54, 1.807) is 27.8 Å². The Bertz CT molecular complexity index is 906. The van der Waals surface area contributed by atoms with Crippen LogP contribution in [0.3, 0.4) is 0 Å². The zero-order valence-corrected chi connectivity index (χ0v) is 18.5. The molecule has 27 heavy (non-hydrogen) atoms. The summed E-state index contributed by atoms with van der Waals surface area (Å²) in [7, 11) is -3.42. The van der Waals surface area contributed by atoms with Gasteiger partial charge in [-0.25, -0.2) is 13.4 Å². The summed E-state index contributed by atoms with van der Waals surface area (Å²) in [5.74, 6) is 0. The Morgan fingerprint density at radius 1 is 1.07 bits per heavy atom. The molecule has 0 saturated carbocycles. The van der Waals surface area contributed by atoms with Gasteiger partial charge < -0.3 is 0 Å². The van der Waals surface area contributed by atoms with Crippen LogP contribution in [0.4, 0.5) is 0 Å². The highest BCUT2D eigenvalue weighted by atomic mass is 32.2. The molecule has 0 amide bonds. The molecule has 0 spiro atoms. The lowest BCUT2D eigenvalue weighted by Gasteiger charge is -2.33. The lowest BCUT2D eigenvalue weighted by atomic mass is 9.93. The van der Waals surface area contributed by atoms with Gasteiger partial charge in [-0.05, 0) is 37.1 Å². The molecule has 2 heterocycles. The van der Waals surface area contributed by atoms with E-state index in [-0.39, 0.29) is 5.41 Å². The summed E-state index contributed by atoms with van der Waals surface area (Å²) >= 11 is 1.69. The normalized spacial score (nSPS) is 17.4. The topological polar surface area (TPSA) is 53.5 Å². The van der Waals surface area contributed by atoms with Crippen molar-refractivity contribution in [1.29, 1.82) is 0 Å². The Morgan fingerprint density at radius 3 is 2.30 bits per heavy atom. The van der Waals surface area contributed by atoms with Crippen molar-refractivity contribution in [2.45, 2.75) is 51.5 Å². The van der Waals surface area contributed by atoms with E-state index >= 15 is 0 Å². The molecule has 1 fully saturated rings. The van der Waals surface area contributed by atoms with Crippen molar-refractivity contribution >= 4 is 21.4 Å². The minimum absolute atomic E-state index is 0.0632. The predicted octanol–water partition coefficient (Wildman–Crippen LogP) is 3.56. The largest absolute Gasteiger partial charge is 0.294 e. The summed E-state index contributed by atoms with van der Waals surface area (Å²) < 4.78 is 27.5. The summed E-state index contributed by atoms with van der Waals surface area (Å²) in [5, 5.41) is 3.24. The Kier molecular flexibility index (Phi) is 5.77. The summed E-state index contributed by atoms with van der Waals surface area (Å²) in [4.78, 5) is 7.44. The van der Waals surface area contributed by atoms with Gasteiger partial charge in [-0.15, -0.1) is 11.3 Å². The monoisotopic (exact) mass is 407 g/mol. The molecule has 1 saturated heterocycles. The maximum Gasteiger partial charge on any atom is 0.243 e. The molecule has 3 rings (SSSR count). The SMILES string of the molecule is Cc1ccc(S(=O)(=O)N2CCN(Cc3nc(C(C)(C)C)cs3)CC2)cc1C. The molecule has 0 radical (unpaired) electrons. The molecule has 0 unspecified atom stereocenters. The average Bonchev–Trinajstić information content (AvgIpc) is 3.06. The Balaban J connectivity index is 1.63. The Morgan fingerprint density at radius 2 is 1.74 bits per heavy atom. The number of sulfonamides is 1. The van der Waals surface area contributed by atoms with E-state index in [1.165, 1.54) is 0 Å². The van der Waals surface area contributed by atoms with Crippen LogP contribution >= 0.6 is 11.3 Å². The molecule has 1 aromatic carbocycles. The van der Waals surface area contributed by atoms with Crippen molar-refractivity contribution in [2.75, 3.05) is 26.2 Å². The molecule has 1 aliphatic rings. The number of aromatic nitrogens is 1. The standard InChI is InChI=1S/C20H29N3O2S2/c1-15-6-7-17(12-16(15)2)27(24,25)23-10-8-22(9-11-23)13-19-21-18(14-26-19)20(3,4)5/h6-7,12,14H,8-11,13H2,1-5H3. The molecule has 7 heteroatoms. The van der Waals surface area contributed by atoms with Gasteiger partial charge in [-0.2, -0.15) is 4.31 Å². The number of hydrogen-bond acceptors (Lipinski definition) is 5. The molecular formula is C20H29N3O2S2. The van der Waals surface area contributed by atoms with Gasteiger partial charge in [0.2, 0.25) is 10.0 Å². The summed E-state index contributed by atoms with van der Waals surface area (Å²) in [6.45, 7) is 13.7. The van der Waals surface area contributed by atoms with E-state index in [4.69, 9.17) is 4.98 Å². The second kappa shape index (κ2) is 7.62. The van der Waals surface area contributed by atoms with Crippen molar-refractivity contribution in [2.24, 2.45) is 0 Å². The van der Waals surface area contributed by atoms with E-state index in [1.807, 2.05) is 19.9 Å². The van der Waals surface area contributed by atoms with Crippen molar-refractivity contribution in [3.8, 4) is 0 Å². The van der Waals surface area contributed by atoms with Gasteiger partial charge in [-0.1, -0.05) is 26.8 Å². The number of hydrogen-bond donors (Lipinski definition) is 0. The van der Waals surface area contributed by atoms with E-state index in [2.05, 4.69) is 31.1 Å². The number of nitrogens with zero attached hydrogens (tertiary/aromatic N) is 3. The maximum atomic E-state index is 12.9. The van der Waals surface area contributed by atoms with Crippen LogP contribution in [0.25, 0.3) is 0 Å². The smallest absolute Gasteiger partial charge is 0.243 e. The van der Waals surface area contributed by atoms with Crippen LogP contribution in [0.2, 0.25) is 0 Å². The molecule has 0 bridgehead atoms. The van der Waals surface area contributed by atoms with Crippen LogP contribution in [0, 0.1) is 13.8 Å². The third-order valence-corrected chi connectivity index (χ3v) is 7.85. The quantitative estimate of drug-likeness (QED) is 0.778. The fourth-order valence-electron chi connectivity index (χ4n) is 3.07. The lowest BCUT2D eigenvalue weighted by Crippen LogP contribution is -2.48. The third kappa shape index (κ3) is 4.59. The van der Waals surface area contributed by atoms with Crippen LogP contribution in [0.15, 0.2) is 28.5 Å². The molecule has 0 atom stereocenters. The maximum absolute atomic E-state index is 12.9. The second-order valence-corrected chi connectivity index (χ2v) is 11.2. The number of rotatable bonds is 4. The van der Waals surface area contributed by atoms with Crippen LogP contribution in [-0.4, -0.2) is 48.8 Å². The van der Waals surface area contributed by atoms with Crippen LogP contribution in [0.1, 0.15) is 42.6 Å². The zero-order valence-electron chi connectivity index (χ0n) is 16.8. The predicted molar refractivity (Wildman–Crippen MR) is 111 cm³/mol. The lowest BCUT2D eigenvalue weighted by molar-refractivity contribution is 0.181. The van der Waals surface area contributed by atoms with Crippen LogP contribution < -0.4 is 0 Å². The summed E-state index contributed by atoms with van der Waals surface area (Å²) in [6, 6.07) is 5.38. The first-order chi connectivity index (χ1) is 12.6. The van der Waals surface area contributed by atoms with Gasteiger partial charge in [0.25, 0.3) is 0 Å². The molecular weight excluding hydrogens is 378 g/mol. The van der Waals surface area contributed by atoms with Crippen LogP contribution in [-0.2, 0) is 22.0 Å². The zero-order chi connectivity index (χ0) is 19.8. The number of benzene rings is 1. The molecule has 1 aromatic heterocycles. The van der Waals surface area contributed by atoms with Gasteiger partial charge in [-0.3, -0.25) is 4.90 Å². The second-order valence-electron chi connectivity index (χ2n) is 8.30. The highest BCUT2D eigenvalue weighted by Gasteiger charge is 2.29. The summed E-state index contributed by atoms with van der Waals surface area (Å²) in [5.41, 5.74) is 3.30. The minimum atomic E-state index is -3.42. The van der Waals surface area contributed by atoms with E-state index in [0.29, 0.717) is 18.0 Å². The highest BCUT2D eigenvalue weighted by Crippen LogP contribution is 2.25. The van der Waals surface area contributed by atoms with Crippen molar-refractivity contribution < 1.29 is 8.42 Å². The first-order valence-electron chi connectivity index (χ1n) is 9.32. The highest BCUT2D eigenvalue weighted by molar-refractivity contribution is 7.89. The molecule has 148 valence electrons. The first-order valence-corrected chi connectivity index (χ1v) is 11.6. The van der Waals surface area contributed by atoms with Crippen LogP contribution in [0.5, 0.6) is 0 Å². The number of thiazole rings is 1. The van der Waals surface area contributed by atoms with Gasteiger partial charge in [0, 0.05) is 37.0 Å². The van der Waals surface area contributed by atoms with E-state index < -0.39 is 10.0 Å². The fourth-order valence-corrected chi connectivity index (χ4v) is 5.64. The first kappa shape index (κ1) is 20.5. The molecule has 0 aliphatic carbocycles. The molecule has 2 aromatic rings. The third-order valence-electron chi connectivity index (χ3n) is 5.13. The summed E-state index contributed by atoms with van der Waals surface area (Å²) in [6.07, 6.45) is 0. The van der Waals surface area contributed by atoms with Crippen molar-refractivity contribution in [3.05, 3.63) is 45.4 Å². The minimum Gasteiger partial charge on any atom is -0.294 e. The average molecular weight is 408 g/mol. The van der Waals surface area contributed by atoms with E-state index in [9.17, 15) is 8.42 Å². The Labute approximate surface area is 167 Å².